The molecule has 0 bridgehead atoms. The molecule has 1 aliphatic rings. The SMILES string of the molecule is COc1ccc(OC)c(CN2CCc3nc(-c4ccccc4)[nH]c3C2)c1. The highest BCUT2D eigenvalue weighted by Gasteiger charge is 2.21. The average molecular weight is 349 g/mol. The van der Waals surface area contributed by atoms with Crippen molar-refractivity contribution in [1.82, 2.24) is 14.9 Å². The van der Waals surface area contributed by atoms with E-state index in [1.807, 2.05) is 30.3 Å². The van der Waals surface area contributed by atoms with Crippen LogP contribution < -0.4 is 9.47 Å². The smallest absolute Gasteiger partial charge is 0.137 e. The first-order valence-corrected chi connectivity index (χ1v) is 8.83. The van der Waals surface area contributed by atoms with E-state index in [-0.39, 0.29) is 0 Å². The molecule has 1 aromatic heterocycles. The molecule has 2 aromatic carbocycles. The van der Waals surface area contributed by atoms with E-state index >= 15 is 0 Å². The summed E-state index contributed by atoms with van der Waals surface area (Å²) in [7, 11) is 3.40. The predicted molar refractivity (Wildman–Crippen MR) is 101 cm³/mol. The third kappa shape index (κ3) is 3.30. The largest absolute Gasteiger partial charge is 0.497 e. The Bertz CT molecular complexity index is 890. The van der Waals surface area contributed by atoms with Gasteiger partial charge in [0.15, 0.2) is 0 Å². The molecule has 0 saturated heterocycles. The lowest BCUT2D eigenvalue weighted by molar-refractivity contribution is 0.237. The average Bonchev–Trinajstić information content (AvgIpc) is 3.12. The fourth-order valence-electron chi connectivity index (χ4n) is 3.46. The maximum atomic E-state index is 5.52. The Hall–Kier alpha value is -2.79. The molecule has 0 saturated carbocycles. The molecular weight excluding hydrogens is 326 g/mol. The summed E-state index contributed by atoms with van der Waals surface area (Å²) in [4.78, 5) is 10.7. The van der Waals surface area contributed by atoms with E-state index in [9.17, 15) is 0 Å². The van der Waals surface area contributed by atoms with Gasteiger partial charge >= 0.3 is 0 Å². The topological polar surface area (TPSA) is 50.4 Å². The fourth-order valence-corrected chi connectivity index (χ4v) is 3.46. The summed E-state index contributed by atoms with van der Waals surface area (Å²) < 4.78 is 10.9. The van der Waals surface area contributed by atoms with Gasteiger partial charge in [0.05, 0.1) is 25.6 Å². The lowest BCUT2D eigenvalue weighted by Gasteiger charge is -2.26. The molecule has 1 N–H and O–H groups in total. The van der Waals surface area contributed by atoms with Gasteiger partial charge in [0.1, 0.15) is 17.3 Å². The van der Waals surface area contributed by atoms with E-state index in [1.54, 1.807) is 14.2 Å². The van der Waals surface area contributed by atoms with Crippen LogP contribution in [0.25, 0.3) is 11.4 Å². The molecule has 0 unspecified atom stereocenters. The third-order valence-corrected chi connectivity index (χ3v) is 4.84. The molecular formula is C21H23N3O2. The van der Waals surface area contributed by atoms with Gasteiger partial charge in [-0.05, 0) is 18.2 Å². The lowest BCUT2D eigenvalue weighted by atomic mass is 10.1. The van der Waals surface area contributed by atoms with Crippen LogP contribution in [0, 0.1) is 0 Å². The summed E-state index contributed by atoms with van der Waals surface area (Å²) >= 11 is 0. The number of nitrogens with one attached hydrogen (secondary N) is 1. The maximum Gasteiger partial charge on any atom is 0.137 e. The van der Waals surface area contributed by atoms with E-state index in [2.05, 4.69) is 28.1 Å². The molecule has 2 heterocycles. The van der Waals surface area contributed by atoms with Crippen LogP contribution in [-0.2, 0) is 19.5 Å². The Labute approximate surface area is 153 Å². The van der Waals surface area contributed by atoms with Gasteiger partial charge in [0.25, 0.3) is 0 Å². The van der Waals surface area contributed by atoms with Gasteiger partial charge in [-0.2, -0.15) is 0 Å². The third-order valence-electron chi connectivity index (χ3n) is 4.84. The van der Waals surface area contributed by atoms with Crippen molar-refractivity contribution >= 4 is 0 Å². The van der Waals surface area contributed by atoms with Gasteiger partial charge in [-0.25, -0.2) is 4.98 Å². The highest BCUT2D eigenvalue weighted by Crippen LogP contribution is 2.28. The van der Waals surface area contributed by atoms with Gasteiger partial charge in [-0.3, -0.25) is 4.90 Å². The zero-order valence-corrected chi connectivity index (χ0v) is 15.2. The van der Waals surface area contributed by atoms with Gasteiger partial charge in [-0.15, -0.1) is 0 Å². The van der Waals surface area contributed by atoms with Crippen LogP contribution in [0.15, 0.2) is 48.5 Å². The van der Waals surface area contributed by atoms with Gasteiger partial charge in [0.2, 0.25) is 0 Å². The fraction of sp³-hybridized carbons (Fsp3) is 0.286. The first-order valence-electron chi connectivity index (χ1n) is 8.83. The maximum absolute atomic E-state index is 5.52. The highest BCUT2D eigenvalue weighted by molar-refractivity contribution is 5.55. The standard InChI is InChI=1S/C21H23N3O2/c1-25-17-8-9-20(26-2)16(12-17)13-24-11-10-18-19(14-24)23-21(22-18)15-6-4-3-5-7-15/h3-9,12H,10-11,13-14H2,1-2H3,(H,22,23). The van der Waals surface area contributed by atoms with Gasteiger partial charge in [-0.1, -0.05) is 30.3 Å². The van der Waals surface area contributed by atoms with Crippen LogP contribution in [0.1, 0.15) is 17.0 Å². The van der Waals surface area contributed by atoms with Crippen molar-refractivity contribution in [2.45, 2.75) is 19.5 Å². The van der Waals surface area contributed by atoms with Crippen LogP contribution >= 0.6 is 0 Å². The second kappa shape index (κ2) is 7.22. The number of hydrogen-bond acceptors (Lipinski definition) is 4. The zero-order valence-electron chi connectivity index (χ0n) is 15.2. The molecule has 1 aliphatic heterocycles. The van der Waals surface area contributed by atoms with Gasteiger partial charge < -0.3 is 14.5 Å². The number of fused-ring (bicyclic) bond motifs is 1. The summed E-state index contributed by atoms with van der Waals surface area (Å²) in [6.07, 6.45) is 0.949. The quantitative estimate of drug-likeness (QED) is 0.764. The van der Waals surface area contributed by atoms with E-state index < -0.39 is 0 Å². The summed E-state index contributed by atoms with van der Waals surface area (Å²) in [5.41, 5.74) is 4.65. The van der Waals surface area contributed by atoms with Crippen molar-refractivity contribution in [3.63, 3.8) is 0 Å². The Morgan fingerprint density at radius 3 is 2.69 bits per heavy atom. The molecule has 0 amide bonds. The van der Waals surface area contributed by atoms with E-state index in [0.717, 1.165) is 54.5 Å². The van der Waals surface area contributed by atoms with Crippen molar-refractivity contribution < 1.29 is 9.47 Å². The number of benzene rings is 2. The molecule has 5 heteroatoms. The number of hydrogen-bond donors (Lipinski definition) is 1. The number of imidazole rings is 1. The molecule has 134 valence electrons. The Balaban J connectivity index is 1.53. The van der Waals surface area contributed by atoms with Crippen molar-refractivity contribution in [2.75, 3.05) is 20.8 Å². The monoisotopic (exact) mass is 349 g/mol. The van der Waals surface area contributed by atoms with E-state index in [1.165, 1.54) is 11.4 Å². The zero-order chi connectivity index (χ0) is 17.9. The number of ether oxygens (including phenoxy) is 2. The summed E-state index contributed by atoms with van der Waals surface area (Å²) in [6.45, 7) is 2.65. The number of aromatic nitrogens is 2. The van der Waals surface area contributed by atoms with Crippen molar-refractivity contribution in [2.24, 2.45) is 0 Å². The molecule has 0 radical (unpaired) electrons. The number of H-pyrrole nitrogens is 1. The Morgan fingerprint density at radius 2 is 1.92 bits per heavy atom. The number of methoxy groups -OCH3 is 2. The molecule has 3 aromatic rings. The minimum atomic E-state index is 0.819. The summed E-state index contributed by atoms with van der Waals surface area (Å²) in [5.74, 6) is 2.70. The van der Waals surface area contributed by atoms with Crippen molar-refractivity contribution in [3.05, 3.63) is 65.5 Å². The van der Waals surface area contributed by atoms with Crippen LogP contribution in [0.2, 0.25) is 0 Å². The number of aromatic amines is 1. The van der Waals surface area contributed by atoms with Gasteiger partial charge in [0, 0.05) is 37.2 Å². The van der Waals surface area contributed by atoms with E-state index in [4.69, 9.17) is 14.5 Å². The molecule has 0 atom stereocenters. The second-order valence-electron chi connectivity index (χ2n) is 6.52. The minimum absolute atomic E-state index is 0.819. The second-order valence-corrected chi connectivity index (χ2v) is 6.52. The molecule has 0 spiro atoms. The van der Waals surface area contributed by atoms with E-state index in [0.29, 0.717) is 0 Å². The van der Waals surface area contributed by atoms with Crippen LogP contribution in [0.5, 0.6) is 11.5 Å². The van der Waals surface area contributed by atoms with Crippen LogP contribution in [0.4, 0.5) is 0 Å². The first kappa shape index (κ1) is 16.7. The molecule has 0 fully saturated rings. The Kier molecular flexibility index (Phi) is 4.63. The Morgan fingerprint density at radius 1 is 1.08 bits per heavy atom. The highest BCUT2D eigenvalue weighted by atomic mass is 16.5. The number of nitrogens with zero attached hydrogens (tertiary/aromatic N) is 2. The first-order chi connectivity index (χ1) is 12.8. The lowest BCUT2D eigenvalue weighted by Crippen LogP contribution is -2.30. The normalized spacial score (nSPS) is 14.1. The molecule has 5 nitrogen and oxygen atoms in total. The summed E-state index contributed by atoms with van der Waals surface area (Å²) in [6, 6.07) is 16.2. The van der Waals surface area contributed by atoms with Crippen LogP contribution in [0.3, 0.4) is 0 Å². The van der Waals surface area contributed by atoms with Crippen LogP contribution in [-0.4, -0.2) is 35.6 Å². The van der Waals surface area contributed by atoms with Crippen molar-refractivity contribution in [3.8, 4) is 22.9 Å². The van der Waals surface area contributed by atoms with Crippen molar-refractivity contribution in [1.29, 1.82) is 0 Å². The summed E-state index contributed by atoms with van der Waals surface area (Å²) in [5, 5.41) is 0. The molecule has 0 aliphatic carbocycles. The number of rotatable bonds is 5. The molecule has 4 rings (SSSR count). The molecule has 26 heavy (non-hydrogen) atoms. The minimum Gasteiger partial charge on any atom is -0.497 e. The predicted octanol–water partition coefficient (Wildman–Crippen LogP) is 3.65.